The lowest BCUT2D eigenvalue weighted by Crippen LogP contribution is -2.62. The first-order valence-corrected chi connectivity index (χ1v) is 18.4. The van der Waals surface area contributed by atoms with Crippen LogP contribution in [0.3, 0.4) is 0 Å². The number of nitrogens with zero attached hydrogens (tertiary/aromatic N) is 3. The maximum Gasteiger partial charge on any atom is 0.240 e. The number of phenolic OH excluding ortho intramolecular Hbond substituents is 1. The van der Waals surface area contributed by atoms with Crippen molar-refractivity contribution >= 4 is 5.91 Å². The third-order valence-corrected chi connectivity index (χ3v) is 12.0. The van der Waals surface area contributed by atoms with Gasteiger partial charge in [0.15, 0.2) is 0 Å². The smallest absolute Gasteiger partial charge is 0.240 e. The second-order valence-corrected chi connectivity index (χ2v) is 16.4. The summed E-state index contributed by atoms with van der Waals surface area (Å²) in [5.74, 6) is 2.56. The van der Waals surface area contributed by atoms with Crippen LogP contribution in [0.5, 0.6) is 5.75 Å². The molecule has 1 saturated heterocycles. The van der Waals surface area contributed by atoms with Crippen LogP contribution in [0.4, 0.5) is 0 Å². The Bertz CT molecular complexity index is 1350. The van der Waals surface area contributed by atoms with E-state index in [0.717, 1.165) is 43.5 Å². The van der Waals surface area contributed by atoms with E-state index in [9.17, 15) is 15.0 Å². The summed E-state index contributed by atoms with van der Waals surface area (Å²) in [7, 11) is 4.24. The number of likely N-dealkylation sites (N-methyl/N-ethyl adjacent to an activating group) is 1. The van der Waals surface area contributed by atoms with E-state index in [-0.39, 0.29) is 24.5 Å². The highest BCUT2D eigenvalue weighted by atomic mass is 16.7. The van der Waals surface area contributed by atoms with E-state index >= 15 is 0 Å². The van der Waals surface area contributed by atoms with Crippen molar-refractivity contribution in [3.05, 3.63) is 65.2 Å². The van der Waals surface area contributed by atoms with E-state index in [1.54, 1.807) is 6.07 Å². The fourth-order valence-electron chi connectivity index (χ4n) is 9.18. The van der Waals surface area contributed by atoms with Crippen molar-refractivity contribution in [2.75, 3.05) is 27.2 Å². The van der Waals surface area contributed by atoms with Gasteiger partial charge in [-0.3, -0.25) is 14.5 Å². The average molecular weight is 663 g/mol. The van der Waals surface area contributed by atoms with Gasteiger partial charge < -0.3 is 20.4 Å². The van der Waals surface area contributed by atoms with Gasteiger partial charge in [-0.25, -0.2) is 0 Å². The van der Waals surface area contributed by atoms with Gasteiger partial charge in [0.25, 0.3) is 0 Å². The average Bonchev–Trinajstić information content (AvgIpc) is 3.39. The number of aliphatic hydroxyl groups excluding tert-OH is 1. The van der Waals surface area contributed by atoms with Crippen LogP contribution in [0.2, 0.25) is 0 Å². The summed E-state index contributed by atoms with van der Waals surface area (Å²) < 4.78 is 0. The summed E-state index contributed by atoms with van der Waals surface area (Å²) >= 11 is 0. The van der Waals surface area contributed by atoms with E-state index in [2.05, 4.69) is 95.0 Å². The highest BCUT2D eigenvalue weighted by molar-refractivity contribution is 5.82. The van der Waals surface area contributed by atoms with Crippen molar-refractivity contribution in [1.29, 1.82) is 0 Å². The number of benzene rings is 2. The zero-order valence-electron chi connectivity index (χ0n) is 30.7. The van der Waals surface area contributed by atoms with E-state index in [0.29, 0.717) is 54.0 Å². The van der Waals surface area contributed by atoms with Gasteiger partial charge in [-0.1, -0.05) is 84.0 Å². The molecule has 1 unspecified atom stereocenters. The third-order valence-electron chi connectivity index (χ3n) is 12.0. The lowest BCUT2D eigenvalue weighted by molar-refractivity contribution is -0.183. The monoisotopic (exact) mass is 662 g/mol. The highest BCUT2D eigenvalue weighted by Gasteiger charge is 2.57. The minimum Gasteiger partial charge on any atom is -0.508 e. The van der Waals surface area contributed by atoms with Crippen molar-refractivity contribution in [2.24, 2.45) is 35.0 Å². The van der Waals surface area contributed by atoms with E-state index in [1.165, 1.54) is 12.0 Å². The molecule has 2 aromatic carbocycles. The Kier molecular flexibility index (Phi) is 11.9. The van der Waals surface area contributed by atoms with Gasteiger partial charge in [0, 0.05) is 43.2 Å². The van der Waals surface area contributed by atoms with Crippen LogP contribution in [0.15, 0.2) is 48.5 Å². The molecule has 0 aromatic heterocycles. The molecule has 3 N–H and O–H groups in total. The summed E-state index contributed by atoms with van der Waals surface area (Å²) in [5, 5.41) is 26.3. The number of aromatic hydroxyl groups is 1. The normalized spacial score (nSPS) is 29.0. The van der Waals surface area contributed by atoms with Crippen molar-refractivity contribution in [3.8, 4) is 5.75 Å². The molecule has 48 heavy (non-hydrogen) atoms. The molecular weight excluding hydrogens is 600 g/mol. The molecule has 1 amide bonds. The molecule has 266 valence electrons. The number of para-hydroxylation sites is 1. The molecule has 8 atom stereocenters. The molecule has 4 fully saturated rings. The number of amides is 1. The summed E-state index contributed by atoms with van der Waals surface area (Å²) in [6.45, 7) is 16.4. The Morgan fingerprint density at radius 1 is 1.08 bits per heavy atom. The number of carbonyl (C=O) groups excluding carboxylic acids is 1. The molecule has 1 aliphatic heterocycles. The van der Waals surface area contributed by atoms with Crippen molar-refractivity contribution in [3.63, 3.8) is 0 Å². The fraction of sp³-hybridized carbons (Fsp3) is 0.675. The van der Waals surface area contributed by atoms with Gasteiger partial charge >= 0.3 is 0 Å². The maximum absolute atomic E-state index is 14.1. The number of fused-ring (bicyclic) bond motifs is 2. The molecule has 3 saturated carbocycles. The second-order valence-electron chi connectivity index (χ2n) is 16.4. The van der Waals surface area contributed by atoms with Gasteiger partial charge in [0.1, 0.15) is 17.9 Å². The number of hydrogen-bond donors (Lipinski definition) is 3. The van der Waals surface area contributed by atoms with E-state index < -0.39 is 12.1 Å². The molecule has 3 aliphatic carbocycles. The predicted octanol–water partition coefficient (Wildman–Crippen LogP) is 6.06. The molecule has 2 bridgehead atoms. The minimum atomic E-state index is -0.456. The molecule has 6 rings (SSSR count). The predicted molar refractivity (Wildman–Crippen MR) is 192 cm³/mol. The maximum atomic E-state index is 14.1. The quantitative estimate of drug-likeness (QED) is 0.214. The fourth-order valence-corrected chi connectivity index (χ4v) is 9.18. The molecular formula is C40H62N4O4. The Morgan fingerprint density at radius 3 is 2.44 bits per heavy atom. The van der Waals surface area contributed by atoms with Gasteiger partial charge in [-0.2, -0.15) is 5.06 Å². The standard InChI is InChI=1S/C40H62N4O4/c1-9-33-37(25-45)48-44(38(33)39(47)41-35-20-31-19-34(27(35)4)40(31,5)6)22-29-14-12-13-28(18-29)21-43(23-30-15-10-11-16-36(30)46)32(17-26(2)3)24-42(7)8/h10-16,18,26-27,31-35,37-38,45-46H,9,17,19-25H2,1-8H3,(H,41,47)/t27-,31?,32-,33+,34-,35-,37-,38-/m0/s1. The van der Waals surface area contributed by atoms with Crippen LogP contribution in [-0.2, 0) is 29.3 Å². The second kappa shape index (κ2) is 15.6. The first kappa shape index (κ1) is 36.8. The van der Waals surface area contributed by atoms with Crippen LogP contribution < -0.4 is 5.32 Å². The SMILES string of the molecule is CC[C@@H]1[C@H](CO)ON(Cc2cccc(CN(Cc3ccccc3O)[C@@H](CC(C)C)CN(C)C)c2)[C@@H]1C(=O)N[C@H]1CC2C[C@@H]([C@@H]1C)C2(C)C. The first-order valence-electron chi connectivity index (χ1n) is 18.4. The Labute approximate surface area is 289 Å². The topological polar surface area (TPSA) is 88.5 Å². The van der Waals surface area contributed by atoms with Crippen molar-refractivity contribution < 1.29 is 19.8 Å². The number of nitrogens with one attached hydrogen (secondary N) is 1. The van der Waals surface area contributed by atoms with Gasteiger partial charge in [-0.05, 0) is 86.1 Å². The number of phenols is 1. The first-order chi connectivity index (χ1) is 22.8. The van der Waals surface area contributed by atoms with Gasteiger partial charge in [-0.15, -0.1) is 0 Å². The van der Waals surface area contributed by atoms with Crippen LogP contribution in [0, 0.1) is 35.0 Å². The lowest BCUT2D eigenvalue weighted by atomic mass is 9.45. The summed E-state index contributed by atoms with van der Waals surface area (Å²) in [4.78, 5) is 25.2. The largest absolute Gasteiger partial charge is 0.508 e. The Hall–Kier alpha value is -2.49. The number of rotatable bonds is 15. The number of aliphatic hydroxyl groups is 1. The van der Waals surface area contributed by atoms with Gasteiger partial charge in [0.05, 0.1) is 13.2 Å². The van der Waals surface area contributed by atoms with Gasteiger partial charge in [0.2, 0.25) is 5.91 Å². The van der Waals surface area contributed by atoms with Crippen LogP contribution in [0.1, 0.15) is 83.9 Å². The number of hydrogen-bond acceptors (Lipinski definition) is 7. The van der Waals surface area contributed by atoms with Crippen molar-refractivity contribution in [2.45, 2.75) is 111 Å². The third kappa shape index (κ3) is 8.10. The molecule has 0 spiro atoms. The number of hydroxylamine groups is 2. The summed E-state index contributed by atoms with van der Waals surface area (Å²) in [6, 6.07) is 16.2. The molecule has 0 radical (unpaired) electrons. The summed E-state index contributed by atoms with van der Waals surface area (Å²) in [6.07, 6.45) is 3.71. The highest BCUT2D eigenvalue weighted by Crippen LogP contribution is 2.61. The molecule has 8 heteroatoms. The molecule has 8 nitrogen and oxygen atoms in total. The Balaban J connectivity index is 1.34. The minimum absolute atomic E-state index is 0.0268. The zero-order chi connectivity index (χ0) is 34.7. The van der Waals surface area contributed by atoms with Crippen molar-refractivity contribution in [1.82, 2.24) is 20.2 Å². The molecule has 2 aromatic rings. The lowest BCUT2D eigenvalue weighted by Gasteiger charge is -2.62. The molecule has 4 aliphatic rings. The number of carbonyl (C=O) groups is 1. The zero-order valence-corrected chi connectivity index (χ0v) is 30.7. The van der Waals surface area contributed by atoms with E-state index in [4.69, 9.17) is 4.84 Å². The van der Waals surface area contributed by atoms with Crippen LogP contribution in [0.25, 0.3) is 0 Å². The summed E-state index contributed by atoms with van der Waals surface area (Å²) in [5.41, 5.74) is 3.54. The Morgan fingerprint density at radius 2 is 1.81 bits per heavy atom. The van der Waals surface area contributed by atoms with Crippen LogP contribution in [-0.4, -0.2) is 82.5 Å². The van der Waals surface area contributed by atoms with Crippen LogP contribution >= 0.6 is 0 Å². The molecule has 1 heterocycles. The van der Waals surface area contributed by atoms with E-state index in [1.807, 2.05) is 23.3 Å².